The summed E-state index contributed by atoms with van der Waals surface area (Å²) < 4.78 is 7.21. The van der Waals surface area contributed by atoms with Crippen LogP contribution in [-0.4, -0.2) is 26.0 Å². The molecule has 3 aromatic rings. The highest BCUT2D eigenvalue weighted by Gasteiger charge is 2.20. The van der Waals surface area contributed by atoms with Crippen molar-refractivity contribution in [2.24, 2.45) is 0 Å². The van der Waals surface area contributed by atoms with Crippen LogP contribution in [0.3, 0.4) is 0 Å². The molecule has 30 heavy (non-hydrogen) atoms. The Morgan fingerprint density at radius 3 is 2.50 bits per heavy atom. The molecule has 0 fully saturated rings. The maximum atomic E-state index is 12.7. The molecule has 0 spiro atoms. The van der Waals surface area contributed by atoms with Crippen molar-refractivity contribution in [2.75, 3.05) is 11.2 Å². The van der Waals surface area contributed by atoms with Gasteiger partial charge in [0.25, 0.3) is 0 Å². The Labute approximate surface area is 181 Å². The Bertz CT molecular complexity index is 1040. The van der Waals surface area contributed by atoms with Crippen LogP contribution in [0.1, 0.15) is 35.0 Å². The van der Waals surface area contributed by atoms with E-state index in [1.165, 1.54) is 22.0 Å². The Hall–Kier alpha value is -3.00. The molecule has 0 bridgehead atoms. The van der Waals surface area contributed by atoms with Crippen LogP contribution in [0, 0.1) is 27.7 Å². The standard InChI is InChI=1S/C22H27N5O2S/c1-13-9-10-18(16(4)11-13)29-12-19-25-26-22(27(19)23)30-17(5)21(28)24-20-14(2)7-6-8-15(20)3/h6-11,17H,12,23H2,1-5H3,(H,24,28)/t17-/m0/s1. The molecule has 1 heterocycles. The number of nitrogen functional groups attached to an aromatic ring is 1. The number of amides is 1. The van der Waals surface area contributed by atoms with E-state index in [9.17, 15) is 4.79 Å². The van der Waals surface area contributed by atoms with Gasteiger partial charge < -0.3 is 15.9 Å². The summed E-state index contributed by atoms with van der Waals surface area (Å²) in [4.78, 5) is 12.7. The van der Waals surface area contributed by atoms with Crippen molar-refractivity contribution in [1.29, 1.82) is 0 Å². The van der Waals surface area contributed by atoms with Gasteiger partial charge in [0.15, 0.2) is 5.82 Å². The van der Waals surface area contributed by atoms with Crippen molar-refractivity contribution >= 4 is 23.4 Å². The van der Waals surface area contributed by atoms with Gasteiger partial charge in [0, 0.05) is 5.69 Å². The Morgan fingerprint density at radius 2 is 1.83 bits per heavy atom. The molecule has 8 heteroatoms. The number of nitrogens with zero attached hydrogens (tertiary/aromatic N) is 3. The lowest BCUT2D eigenvalue weighted by Gasteiger charge is -2.15. The molecule has 3 rings (SSSR count). The number of hydrogen-bond acceptors (Lipinski definition) is 6. The average molecular weight is 426 g/mol. The Morgan fingerprint density at radius 1 is 1.13 bits per heavy atom. The molecule has 1 aromatic heterocycles. The molecule has 0 radical (unpaired) electrons. The summed E-state index contributed by atoms with van der Waals surface area (Å²) in [7, 11) is 0. The summed E-state index contributed by atoms with van der Waals surface area (Å²) in [6.45, 7) is 9.98. The van der Waals surface area contributed by atoms with Crippen LogP contribution in [0.5, 0.6) is 5.75 Å². The van der Waals surface area contributed by atoms with E-state index in [-0.39, 0.29) is 12.5 Å². The van der Waals surface area contributed by atoms with Gasteiger partial charge in [-0.05, 0) is 57.4 Å². The molecule has 0 aliphatic heterocycles. The zero-order valence-electron chi connectivity index (χ0n) is 17.9. The SMILES string of the molecule is Cc1ccc(OCc2nnc(S[C@@H](C)C(=O)Nc3c(C)cccc3C)n2N)c(C)c1. The maximum absolute atomic E-state index is 12.7. The summed E-state index contributed by atoms with van der Waals surface area (Å²) in [5.74, 6) is 7.28. The van der Waals surface area contributed by atoms with Gasteiger partial charge in [0.05, 0.1) is 5.25 Å². The highest BCUT2D eigenvalue weighted by atomic mass is 32.2. The van der Waals surface area contributed by atoms with E-state index in [0.29, 0.717) is 11.0 Å². The second-order valence-corrected chi connectivity index (χ2v) is 8.65. The normalized spacial score (nSPS) is 11.9. The van der Waals surface area contributed by atoms with Crippen molar-refractivity contribution in [2.45, 2.75) is 51.6 Å². The van der Waals surface area contributed by atoms with E-state index in [1.54, 1.807) is 0 Å². The van der Waals surface area contributed by atoms with Crippen LogP contribution in [0.15, 0.2) is 41.6 Å². The molecule has 0 aliphatic carbocycles. The van der Waals surface area contributed by atoms with Gasteiger partial charge in [-0.2, -0.15) is 0 Å². The van der Waals surface area contributed by atoms with Gasteiger partial charge in [-0.1, -0.05) is 47.7 Å². The number of carbonyl (C=O) groups is 1. The van der Waals surface area contributed by atoms with Crippen molar-refractivity contribution in [1.82, 2.24) is 14.9 Å². The highest BCUT2D eigenvalue weighted by Crippen LogP contribution is 2.25. The van der Waals surface area contributed by atoms with Crippen molar-refractivity contribution < 1.29 is 9.53 Å². The number of rotatable bonds is 7. The molecule has 0 aliphatic rings. The first-order chi connectivity index (χ1) is 14.3. The van der Waals surface area contributed by atoms with E-state index in [0.717, 1.165) is 28.1 Å². The number of nitrogens with two attached hydrogens (primary N) is 1. The van der Waals surface area contributed by atoms with E-state index < -0.39 is 5.25 Å². The number of benzene rings is 2. The first-order valence-electron chi connectivity index (χ1n) is 9.69. The molecule has 0 saturated heterocycles. The van der Waals surface area contributed by atoms with Gasteiger partial charge in [-0.15, -0.1) is 10.2 Å². The minimum atomic E-state index is -0.399. The van der Waals surface area contributed by atoms with Gasteiger partial charge in [-0.3, -0.25) is 4.79 Å². The minimum Gasteiger partial charge on any atom is -0.485 e. The lowest BCUT2D eigenvalue weighted by molar-refractivity contribution is -0.115. The lowest BCUT2D eigenvalue weighted by Crippen LogP contribution is -2.24. The number of ether oxygens (including phenoxy) is 1. The van der Waals surface area contributed by atoms with E-state index in [2.05, 4.69) is 21.6 Å². The molecular weight excluding hydrogens is 398 g/mol. The first-order valence-corrected chi connectivity index (χ1v) is 10.6. The monoisotopic (exact) mass is 425 g/mol. The highest BCUT2D eigenvalue weighted by molar-refractivity contribution is 8.00. The third-order valence-electron chi connectivity index (χ3n) is 4.80. The zero-order chi connectivity index (χ0) is 21.8. The number of aromatic nitrogens is 3. The summed E-state index contributed by atoms with van der Waals surface area (Å²) >= 11 is 1.25. The molecular formula is C22H27N5O2S. The van der Waals surface area contributed by atoms with Crippen LogP contribution in [0.25, 0.3) is 0 Å². The number of nitrogens with one attached hydrogen (secondary N) is 1. The quantitative estimate of drug-likeness (QED) is 0.440. The van der Waals surface area contributed by atoms with Crippen molar-refractivity contribution in [3.05, 3.63) is 64.5 Å². The van der Waals surface area contributed by atoms with E-state index in [1.807, 2.05) is 65.0 Å². The van der Waals surface area contributed by atoms with Gasteiger partial charge in [0.2, 0.25) is 11.1 Å². The van der Waals surface area contributed by atoms with Gasteiger partial charge >= 0.3 is 0 Å². The topological polar surface area (TPSA) is 95.1 Å². The van der Waals surface area contributed by atoms with E-state index in [4.69, 9.17) is 10.6 Å². The van der Waals surface area contributed by atoms with Gasteiger partial charge in [-0.25, -0.2) is 4.68 Å². The Balaban J connectivity index is 1.63. The summed E-state index contributed by atoms with van der Waals surface area (Å²) in [5, 5.41) is 11.3. The van der Waals surface area contributed by atoms with Gasteiger partial charge in [0.1, 0.15) is 12.4 Å². The summed E-state index contributed by atoms with van der Waals surface area (Å²) in [6, 6.07) is 11.9. The molecule has 3 N–H and O–H groups in total. The molecule has 1 amide bonds. The number of thioether (sulfide) groups is 1. The Kier molecular flexibility index (Phi) is 6.66. The van der Waals surface area contributed by atoms with Crippen molar-refractivity contribution in [3.8, 4) is 5.75 Å². The largest absolute Gasteiger partial charge is 0.485 e. The second kappa shape index (κ2) is 9.21. The molecule has 1 atom stereocenters. The minimum absolute atomic E-state index is 0.117. The number of anilines is 1. The predicted molar refractivity (Wildman–Crippen MR) is 120 cm³/mol. The molecule has 0 unspecified atom stereocenters. The lowest BCUT2D eigenvalue weighted by atomic mass is 10.1. The summed E-state index contributed by atoms with van der Waals surface area (Å²) in [6.07, 6.45) is 0. The number of carbonyl (C=O) groups excluding carboxylic acids is 1. The summed E-state index contributed by atoms with van der Waals surface area (Å²) in [5.41, 5.74) is 5.10. The fourth-order valence-electron chi connectivity index (χ4n) is 3.04. The molecule has 158 valence electrons. The number of para-hydroxylation sites is 1. The number of hydrogen-bond donors (Lipinski definition) is 2. The van der Waals surface area contributed by atoms with E-state index >= 15 is 0 Å². The third kappa shape index (κ3) is 4.94. The fourth-order valence-corrected chi connectivity index (χ4v) is 3.83. The zero-order valence-corrected chi connectivity index (χ0v) is 18.7. The predicted octanol–water partition coefficient (Wildman–Crippen LogP) is 3.92. The fraction of sp³-hybridized carbons (Fsp3) is 0.318. The van der Waals surface area contributed by atoms with Crippen LogP contribution in [0.2, 0.25) is 0 Å². The smallest absolute Gasteiger partial charge is 0.237 e. The first kappa shape index (κ1) is 21.7. The second-order valence-electron chi connectivity index (χ2n) is 7.34. The van der Waals surface area contributed by atoms with Crippen LogP contribution >= 0.6 is 11.8 Å². The van der Waals surface area contributed by atoms with Crippen molar-refractivity contribution in [3.63, 3.8) is 0 Å². The van der Waals surface area contributed by atoms with Crippen LogP contribution in [-0.2, 0) is 11.4 Å². The molecule has 0 saturated carbocycles. The maximum Gasteiger partial charge on any atom is 0.237 e. The van der Waals surface area contributed by atoms with Crippen LogP contribution in [0.4, 0.5) is 5.69 Å². The third-order valence-corrected chi connectivity index (χ3v) is 5.86. The molecule has 7 nitrogen and oxygen atoms in total. The average Bonchev–Trinajstić information content (AvgIpc) is 3.03. The number of aryl methyl sites for hydroxylation is 4. The molecule has 2 aromatic carbocycles. The van der Waals surface area contributed by atoms with Crippen LogP contribution < -0.4 is 15.9 Å².